The molecule has 170 valence electrons. The average Bonchev–Trinajstić information content (AvgIpc) is 2.81. The standard InChI is InChI=1S/C26H32N2O4/c1-3-31-25-16-21(28-26(30)23(27)17-29)12-13-24(25)32-15-14-19-8-10-20(11-9-19)22-7-5-4-6-18(22)2/h4-5,7-13,16,18,23,29H,3,6,14-15,17,27H2,1-2H3,(H,28,30)/t18?,23-/m0/s1. The van der Waals surface area contributed by atoms with Crippen LogP contribution < -0.4 is 20.5 Å². The zero-order valence-electron chi connectivity index (χ0n) is 18.7. The maximum Gasteiger partial charge on any atom is 0.243 e. The van der Waals surface area contributed by atoms with Crippen molar-refractivity contribution in [2.24, 2.45) is 11.7 Å². The van der Waals surface area contributed by atoms with Crippen molar-refractivity contribution in [1.29, 1.82) is 0 Å². The first-order valence-corrected chi connectivity index (χ1v) is 11.0. The maximum absolute atomic E-state index is 11.9. The molecule has 0 bridgehead atoms. The van der Waals surface area contributed by atoms with Gasteiger partial charge in [-0.2, -0.15) is 0 Å². The number of nitrogens with one attached hydrogen (secondary N) is 1. The largest absolute Gasteiger partial charge is 0.490 e. The maximum atomic E-state index is 11.9. The van der Waals surface area contributed by atoms with Crippen LogP contribution in [0.25, 0.3) is 5.57 Å². The monoisotopic (exact) mass is 436 g/mol. The second-order valence-corrected chi connectivity index (χ2v) is 7.86. The van der Waals surface area contributed by atoms with Crippen LogP contribution in [0.1, 0.15) is 31.4 Å². The van der Waals surface area contributed by atoms with Gasteiger partial charge in [0, 0.05) is 18.2 Å². The van der Waals surface area contributed by atoms with Crippen LogP contribution in [-0.4, -0.2) is 36.9 Å². The SMILES string of the molecule is CCOc1cc(NC(=O)[C@@H](N)CO)ccc1OCCc1ccc(C2=CC=CCC2C)cc1. The minimum atomic E-state index is -0.970. The Labute approximate surface area is 189 Å². The number of carbonyl (C=O) groups is 1. The molecule has 6 nitrogen and oxygen atoms in total. The first-order chi connectivity index (χ1) is 15.5. The van der Waals surface area contributed by atoms with E-state index in [0.29, 0.717) is 36.3 Å². The number of carbonyl (C=O) groups excluding carboxylic acids is 1. The van der Waals surface area contributed by atoms with Gasteiger partial charge in [0.15, 0.2) is 11.5 Å². The van der Waals surface area contributed by atoms with Crippen LogP contribution >= 0.6 is 0 Å². The van der Waals surface area contributed by atoms with Crippen LogP contribution in [0.4, 0.5) is 5.69 Å². The van der Waals surface area contributed by atoms with E-state index in [1.165, 1.54) is 16.7 Å². The third kappa shape index (κ3) is 6.22. The minimum absolute atomic E-state index is 0.417. The number of aliphatic hydroxyl groups is 1. The van der Waals surface area contributed by atoms with E-state index in [0.717, 1.165) is 12.8 Å². The fourth-order valence-electron chi connectivity index (χ4n) is 3.56. The van der Waals surface area contributed by atoms with Crippen LogP contribution in [0, 0.1) is 5.92 Å². The van der Waals surface area contributed by atoms with Crippen molar-refractivity contribution in [3.8, 4) is 11.5 Å². The van der Waals surface area contributed by atoms with Gasteiger partial charge >= 0.3 is 0 Å². The summed E-state index contributed by atoms with van der Waals surface area (Å²) in [4.78, 5) is 11.9. The molecule has 0 aromatic heterocycles. The Kier molecular flexibility index (Phi) is 8.48. The summed E-state index contributed by atoms with van der Waals surface area (Å²) in [5.74, 6) is 1.24. The van der Waals surface area contributed by atoms with E-state index in [-0.39, 0.29) is 0 Å². The topological polar surface area (TPSA) is 93.8 Å². The third-order valence-corrected chi connectivity index (χ3v) is 5.41. The summed E-state index contributed by atoms with van der Waals surface area (Å²) in [5.41, 5.74) is 9.93. The van der Waals surface area contributed by atoms with Crippen LogP contribution in [0.15, 0.2) is 60.7 Å². The van der Waals surface area contributed by atoms with Gasteiger partial charge in [-0.05, 0) is 48.1 Å². The number of nitrogens with two attached hydrogens (primary N) is 1. The molecule has 0 spiro atoms. The lowest BCUT2D eigenvalue weighted by atomic mass is 9.88. The molecule has 1 amide bonds. The van der Waals surface area contributed by atoms with Gasteiger partial charge in [-0.25, -0.2) is 0 Å². The summed E-state index contributed by atoms with van der Waals surface area (Å²) in [7, 11) is 0. The number of rotatable bonds is 10. The van der Waals surface area contributed by atoms with Crippen LogP contribution in [-0.2, 0) is 11.2 Å². The van der Waals surface area contributed by atoms with Gasteiger partial charge < -0.3 is 25.6 Å². The van der Waals surface area contributed by atoms with Gasteiger partial charge in [-0.3, -0.25) is 4.79 Å². The molecule has 1 aliphatic rings. The van der Waals surface area contributed by atoms with Gasteiger partial charge in [0.05, 0.1) is 19.8 Å². The van der Waals surface area contributed by atoms with E-state index in [1.807, 2.05) is 6.92 Å². The highest BCUT2D eigenvalue weighted by atomic mass is 16.5. The minimum Gasteiger partial charge on any atom is -0.490 e. The molecule has 2 aromatic carbocycles. The predicted octanol–water partition coefficient (Wildman–Crippen LogP) is 3.94. The second-order valence-electron chi connectivity index (χ2n) is 7.86. The highest BCUT2D eigenvalue weighted by Gasteiger charge is 2.14. The number of amides is 1. The van der Waals surface area contributed by atoms with Crippen molar-refractivity contribution in [3.05, 3.63) is 71.8 Å². The van der Waals surface area contributed by atoms with Crippen molar-refractivity contribution >= 4 is 17.2 Å². The molecule has 0 saturated carbocycles. The van der Waals surface area contributed by atoms with Crippen molar-refractivity contribution in [3.63, 3.8) is 0 Å². The van der Waals surface area contributed by atoms with Gasteiger partial charge in [-0.15, -0.1) is 0 Å². The first kappa shape index (κ1) is 23.6. The molecule has 2 atom stereocenters. The molecule has 0 heterocycles. The normalized spacial score (nSPS) is 16.2. The molecule has 1 unspecified atom stereocenters. The highest BCUT2D eigenvalue weighted by Crippen LogP contribution is 2.31. The van der Waals surface area contributed by atoms with Crippen LogP contribution in [0.5, 0.6) is 11.5 Å². The summed E-state index contributed by atoms with van der Waals surface area (Å²) in [6, 6.07) is 12.9. The smallest absolute Gasteiger partial charge is 0.243 e. The molecule has 1 aliphatic carbocycles. The van der Waals surface area contributed by atoms with E-state index >= 15 is 0 Å². The lowest BCUT2D eigenvalue weighted by molar-refractivity contribution is -0.118. The Balaban J connectivity index is 1.59. The average molecular weight is 437 g/mol. The molecule has 32 heavy (non-hydrogen) atoms. The summed E-state index contributed by atoms with van der Waals surface area (Å²) >= 11 is 0. The Morgan fingerprint density at radius 1 is 1.19 bits per heavy atom. The Morgan fingerprint density at radius 2 is 1.97 bits per heavy atom. The van der Waals surface area contributed by atoms with Gasteiger partial charge in [-0.1, -0.05) is 49.4 Å². The number of ether oxygens (including phenoxy) is 2. The number of benzene rings is 2. The molecular formula is C26H32N2O4. The highest BCUT2D eigenvalue weighted by molar-refractivity contribution is 5.95. The van der Waals surface area contributed by atoms with E-state index in [4.69, 9.17) is 20.3 Å². The van der Waals surface area contributed by atoms with Crippen molar-refractivity contribution in [2.45, 2.75) is 32.7 Å². The summed E-state index contributed by atoms with van der Waals surface area (Å²) in [5, 5.41) is 11.7. The van der Waals surface area contributed by atoms with E-state index < -0.39 is 18.6 Å². The van der Waals surface area contributed by atoms with Crippen molar-refractivity contribution in [1.82, 2.24) is 0 Å². The zero-order chi connectivity index (χ0) is 22.9. The number of hydrogen-bond donors (Lipinski definition) is 3. The molecule has 3 rings (SSSR count). The number of hydrogen-bond acceptors (Lipinski definition) is 5. The summed E-state index contributed by atoms with van der Waals surface area (Å²) in [6.07, 6.45) is 8.39. The van der Waals surface area contributed by atoms with Crippen LogP contribution in [0.2, 0.25) is 0 Å². The molecule has 4 N–H and O–H groups in total. The van der Waals surface area contributed by atoms with Gasteiger partial charge in [0.25, 0.3) is 0 Å². The van der Waals surface area contributed by atoms with Crippen molar-refractivity contribution < 1.29 is 19.4 Å². The zero-order valence-corrected chi connectivity index (χ0v) is 18.7. The third-order valence-electron chi connectivity index (χ3n) is 5.41. The number of aliphatic hydroxyl groups excluding tert-OH is 1. The summed E-state index contributed by atoms with van der Waals surface area (Å²) < 4.78 is 11.6. The number of anilines is 1. The van der Waals surface area contributed by atoms with Crippen molar-refractivity contribution in [2.75, 3.05) is 25.1 Å². The van der Waals surface area contributed by atoms with Gasteiger partial charge in [0.1, 0.15) is 6.04 Å². The number of allylic oxidation sites excluding steroid dienone is 4. The van der Waals surface area contributed by atoms with E-state index in [1.54, 1.807) is 18.2 Å². The lowest BCUT2D eigenvalue weighted by Crippen LogP contribution is -2.38. The molecule has 0 radical (unpaired) electrons. The fraction of sp³-hybridized carbons (Fsp3) is 0.346. The van der Waals surface area contributed by atoms with E-state index in [2.05, 4.69) is 54.7 Å². The predicted molar refractivity (Wildman–Crippen MR) is 128 cm³/mol. The van der Waals surface area contributed by atoms with Crippen LogP contribution in [0.3, 0.4) is 0 Å². The molecule has 2 aromatic rings. The molecule has 0 aliphatic heterocycles. The Morgan fingerprint density at radius 3 is 2.66 bits per heavy atom. The van der Waals surface area contributed by atoms with Gasteiger partial charge in [0.2, 0.25) is 5.91 Å². The lowest BCUT2D eigenvalue weighted by Gasteiger charge is -2.18. The molecular weight excluding hydrogens is 404 g/mol. The molecule has 0 fully saturated rings. The quantitative estimate of drug-likeness (QED) is 0.524. The Hall–Kier alpha value is -3.09. The molecule has 6 heteroatoms. The fourth-order valence-corrected chi connectivity index (χ4v) is 3.56. The Bertz CT molecular complexity index is 966. The summed E-state index contributed by atoms with van der Waals surface area (Å²) in [6.45, 7) is 4.69. The molecule has 0 saturated heterocycles. The second kappa shape index (κ2) is 11.5. The van der Waals surface area contributed by atoms with E-state index in [9.17, 15) is 4.79 Å². The first-order valence-electron chi connectivity index (χ1n) is 11.0.